The fourth-order valence-electron chi connectivity index (χ4n) is 3.95. The second kappa shape index (κ2) is 9.70. The number of imide groups is 1. The lowest BCUT2D eigenvalue weighted by atomic mass is 10.0. The molecule has 4 rings (SSSR count). The van der Waals surface area contributed by atoms with E-state index in [1.807, 2.05) is 37.3 Å². The summed E-state index contributed by atoms with van der Waals surface area (Å²) in [6.45, 7) is 2.44. The summed E-state index contributed by atoms with van der Waals surface area (Å²) in [7, 11) is 4.82. The van der Waals surface area contributed by atoms with Gasteiger partial charge in [-0.05, 0) is 48.9 Å². The summed E-state index contributed by atoms with van der Waals surface area (Å²) < 4.78 is 16.2. The van der Waals surface area contributed by atoms with Crippen molar-refractivity contribution in [2.45, 2.75) is 6.92 Å². The highest BCUT2D eigenvalue weighted by molar-refractivity contribution is 6.46. The summed E-state index contributed by atoms with van der Waals surface area (Å²) in [5, 5.41) is 0. The molecule has 0 atom stereocenters. The molecule has 0 N–H and O–H groups in total. The fourth-order valence-corrected chi connectivity index (χ4v) is 3.95. The lowest BCUT2D eigenvalue weighted by Gasteiger charge is -2.22. The van der Waals surface area contributed by atoms with E-state index in [-0.39, 0.29) is 5.70 Å². The predicted octanol–water partition coefficient (Wildman–Crippen LogP) is 4.52. The minimum atomic E-state index is -0.424. The molecule has 2 amide bonds. The molecule has 0 unspecified atom stereocenters. The lowest BCUT2D eigenvalue weighted by Crippen LogP contribution is -2.34. The van der Waals surface area contributed by atoms with E-state index < -0.39 is 11.8 Å². The highest BCUT2D eigenvalue weighted by Gasteiger charge is 2.42. The van der Waals surface area contributed by atoms with Gasteiger partial charge in [0.15, 0.2) is 11.5 Å². The number of anilines is 2. The van der Waals surface area contributed by atoms with Gasteiger partial charge in [-0.1, -0.05) is 30.3 Å². The number of benzene rings is 3. The minimum Gasteiger partial charge on any atom is -0.494 e. The summed E-state index contributed by atoms with van der Waals surface area (Å²) >= 11 is 0. The molecule has 34 heavy (non-hydrogen) atoms. The minimum absolute atomic E-state index is 0.287. The molecule has 0 radical (unpaired) electrons. The van der Waals surface area contributed by atoms with Crippen molar-refractivity contribution in [1.82, 2.24) is 0 Å². The molecule has 0 aromatic heterocycles. The van der Waals surface area contributed by atoms with Crippen LogP contribution in [0.1, 0.15) is 12.5 Å². The Bertz CT molecular complexity index is 1240. The van der Waals surface area contributed by atoms with Gasteiger partial charge < -0.3 is 19.1 Å². The zero-order chi connectivity index (χ0) is 24.2. The van der Waals surface area contributed by atoms with Crippen LogP contribution in [0, 0.1) is 0 Å². The third-order valence-electron chi connectivity index (χ3n) is 5.62. The number of hydrogen-bond acceptors (Lipinski definition) is 6. The monoisotopic (exact) mass is 458 g/mol. The second-order valence-corrected chi connectivity index (χ2v) is 7.56. The number of carbonyl (C=O) groups excluding carboxylic acids is 2. The Morgan fingerprint density at radius 3 is 2.12 bits per heavy atom. The van der Waals surface area contributed by atoms with E-state index in [4.69, 9.17) is 14.2 Å². The van der Waals surface area contributed by atoms with Crippen molar-refractivity contribution in [3.63, 3.8) is 0 Å². The first-order valence-corrected chi connectivity index (χ1v) is 10.9. The Morgan fingerprint density at radius 1 is 0.824 bits per heavy atom. The summed E-state index contributed by atoms with van der Waals surface area (Å²) in [6, 6.07) is 21.6. The van der Waals surface area contributed by atoms with Crippen molar-refractivity contribution in [3.8, 4) is 17.2 Å². The van der Waals surface area contributed by atoms with Gasteiger partial charge in [-0.2, -0.15) is 0 Å². The van der Waals surface area contributed by atoms with Gasteiger partial charge in [0.1, 0.15) is 11.4 Å². The molecule has 7 nitrogen and oxygen atoms in total. The van der Waals surface area contributed by atoms with Crippen LogP contribution in [0.5, 0.6) is 17.2 Å². The Hall–Kier alpha value is -4.26. The average Bonchev–Trinajstić information content (AvgIpc) is 3.14. The maximum atomic E-state index is 13.7. The van der Waals surface area contributed by atoms with Gasteiger partial charge in [-0.3, -0.25) is 9.59 Å². The number of hydrogen-bond donors (Lipinski definition) is 0. The van der Waals surface area contributed by atoms with Crippen LogP contribution in [-0.2, 0) is 9.59 Å². The maximum absolute atomic E-state index is 13.7. The first-order valence-electron chi connectivity index (χ1n) is 10.9. The topological polar surface area (TPSA) is 68.3 Å². The van der Waals surface area contributed by atoms with Crippen molar-refractivity contribution in [1.29, 1.82) is 0 Å². The van der Waals surface area contributed by atoms with Gasteiger partial charge in [-0.25, -0.2) is 4.90 Å². The molecule has 0 spiro atoms. The maximum Gasteiger partial charge on any atom is 0.282 e. The van der Waals surface area contributed by atoms with Crippen LogP contribution in [-0.4, -0.2) is 39.7 Å². The second-order valence-electron chi connectivity index (χ2n) is 7.56. The van der Waals surface area contributed by atoms with Crippen molar-refractivity contribution < 1.29 is 23.8 Å². The van der Waals surface area contributed by atoms with Gasteiger partial charge in [0.05, 0.1) is 32.1 Å². The van der Waals surface area contributed by atoms with Crippen LogP contribution in [0.3, 0.4) is 0 Å². The molecular weight excluding hydrogens is 432 g/mol. The zero-order valence-corrected chi connectivity index (χ0v) is 19.6. The number of likely N-dealkylation sites (N-methyl/N-ethyl adjacent to an activating group) is 1. The van der Waals surface area contributed by atoms with Crippen molar-refractivity contribution >= 4 is 28.8 Å². The van der Waals surface area contributed by atoms with E-state index in [0.29, 0.717) is 40.7 Å². The van der Waals surface area contributed by atoms with E-state index in [0.717, 1.165) is 5.69 Å². The van der Waals surface area contributed by atoms with Gasteiger partial charge in [0.25, 0.3) is 11.8 Å². The lowest BCUT2D eigenvalue weighted by molar-refractivity contribution is -0.120. The van der Waals surface area contributed by atoms with Gasteiger partial charge >= 0.3 is 0 Å². The number of methoxy groups -OCH3 is 2. The quantitative estimate of drug-likeness (QED) is 0.462. The first kappa shape index (κ1) is 22.9. The molecule has 0 fully saturated rings. The summed E-state index contributed by atoms with van der Waals surface area (Å²) in [6.07, 6.45) is 0. The molecule has 0 aliphatic carbocycles. The fraction of sp³-hybridized carbons (Fsp3) is 0.185. The summed E-state index contributed by atoms with van der Waals surface area (Å²) in [5.41, 5.74) is 2.41. The Labute approximate surface area is 198 Å². The van der Waals surface area contributed by atoms with E-state index in [2.05, 4.69) is 0 Å². The van der Waals surface area contributed by atoms with Crippen molar-refractivity contribution in [2.24, 2.45) is 0 Å². The van der Waals surface area contributed by atoms with Crippen LogP contribution < -0.4 is 24.0 Å². The Balaban J connectivity index is 1.83. The van der Waals surface area contributed by atoms with E-state index in [1.165, 1.54) is 19.1 Å². The van der Waals surface area contributed by atoms with Crippen molar-refractivity contribution in [2.75, 3.05) is 37.7 Å². The molecule has 174 valence electrons. The molecular formula is C27H26N2O5. The molecule has 1 aliphatic rings. The number of ether oxygens (including phenoxy) is 3. The summed E-state index contributed by atoms with van der Waals surface area (Å²) in [5.74, 6) is 0.782. The molecule has 0 saturated carbocycles. The largest absolute Gasteiger partial charge is 0.494 e. The van der Waals surface area contributed by atoms with Gasteiger partial charge in [0, 0.05) is 18.8 Å². The highest BCUT2D eigenvalue weighted by Crippen LogP contribution is 2.39. The van der Waals surface area contributed by atoms with Crippen molar-refractivity contribution in [3.05, 3.63) is 84.1 Å². The smallest absolute Gasteiger partial charge is 0.282 e. The third-order valence-corrected chi connectivity index (χ3v) is 5.62. The molecule has 3 aromatic carbocycles. The number of amides is 2. The van der Waals surface area contributed by atoms with Crippen LogP contribution in [0.2, 0.25) is 0 Å². The normalized spacial score (nSPS) is 13.4. The summed E-state index contributed by atoms with van der Waals surface area (Å²) in [4.78, 5) is 30.4. The van der Waals surface area contributed by atoms with E-state index in [1.54, 1.807) is 54.4 Å². The number of rotatable bonds is 8. The SMILES string of the molecule is CCOc1ccc(C2=C(N(C)c3ccccc3)C(=O)N(c3ccc(OC)c(OC)c3)C2=O)cc1. The highest BCUT2D eigenvalue weighted by atomic mass is 16.5. The average molecular weight is 459 g/mol. The number of para-hydroxylation sites is 1. The third kappa shape index (κ3) is 4.08. The molecule has 0 saturated heterocycles. The van der Waals surface area contributed by atoms with Crippen LogP contribution in [0.15, 0.2) is 78.5 Å². The molecule has 7 heteroatoms. The first-order chi connectivity index (χ1) is 16.5. The zero-order valence-electron chi connectivity index (χ0n) is 19.6. The van der Waals surface area contributed by atoms with E-state index >= 15 is 0 Å². The Kier molecular flexibility index (Phi) is 6.54. The van der Waals surface area contributed by atoms with Crippen LogP contribution in [0.4, 0.5) is 11.4 Å². The standard InChI is InChI=1S/C27H26N2O5/c1-5-34-21-14-11-18(12-15-21)24-25(28(2)19-9-7-6-8-10-19)27(31)29(26(24)30)20-13-16-22(32-3)23(17-20)33-4/h6-17H,5H2,1-4H3. The number of nitrogens with zero attached hydrogens (tertiary/aromatic N) is 2. The molecule has 3 aromatic rings. The van der Waals surface area contributed by atoms with Gasteiger partial charge in [-0.15, -0.1) is 0 Å². The molecule has 1 aliphatic heterocycles. The Morgan fingerprint density at radius 2 is 1.50 bits per heavy atom. The predicted molar refractivity (Wildman–Crippen MR) is 131 cm³/mol. The van der Waals surface area contributed by atoms with Gasteiger partial charge in [0.2, 0.25) is 0 Å². The molecule has 1 heterocycles. The molecule has 0 bridgehead atoms. The van der Waals surface area contributed by atoms with Crippen LogP contribution >= 0.6 is 0 Å². The van der Waals surface area contributed by atoms with Crippen LogP contribution in [0.25, 0.3) is 5.57 Å². The van der Waals surface area contributed by atoms with E-state index in [9.17, 15) is 9.59 Å². The number of carbonyl (C=O) groups is 2.